The van der Waals surface area contributed by atoms with Gasteiger partial charge in [-0.15, -0.1) is 0 Å². The predicted molar refractivity (Wildman–Crippen MR) is 134 cm³/mol. The lowest BCUT2D eigenvalue weighted by atomic mass is 10.2. The number of carbonyl (C=O) groups is 3. The van der Waals surface area contributed by atoms with Gasteiger partial charge in [0.1, 0.15) is 11.3 Å². The van der Waals surface area contributed by atoms with E-state index >= 15 is 0 Å². The Kier molecular flexibility index (Phi) is 10.3. The van der Waals surface area contributed by atoms with Gasteiger partial charge >= 0.3 is 18.0 Å². The molecular formula is C25H34N4O6. The average Bonchev–Trinajstić information content (AvgIpc) is 2.79. The minimum absolute atomic E-state index is 0.0385. The van der Waals surface area contributed by atoms with Gasteiger partial charge in [0.2, 0.25) is 5.88 Å². The summed E-state index contributed by atoms with van der Waals surface area (Å²) in [5.74, 6) is -1.88. The fraction of sp³-hybridized carbons (Fsp3) is 0.440. The Labute approximate surface area is 205 Å². The van der Waals surface area contributed by atoms with Crippen LogP contribution >= 0.6 is 0 Å². The molecule has 2 aromatic rings. The Balaban J connectivity index is 2.46. The van der Waals surface area contributed by atoms with Gasteiger partial charge in [-0.3, -0.25) is 10.1 Å². The second-order valence-electron chi connectivity index (χ2n) is 8.57. The maximum Gasteiger partial charge on any atom is 0.413 e. The van der Waals surface area contributed by atoms with Gasteiger partial charge in [0.05, 0.1) is 18.9 Å². The third kappa shape index (κ3) is 9.52. The quantitative estimate of drug-likeness (QED) is 0.250. The van der Waals surface area contributed by atoms with E-state index in [9.17, 15) is 14.4 Å². The predicted octanol–water partition coefficient (Wildman–Crippen LogP) is 4.72. The normalized spacial score (nSPS) is 10.8. The monoisotopic (exact) mass is 486 g/mol. The van der Waals surface area contributed by atoms with Gasteiger partial charge in [-0.1, -0.05) is 43.7 Å². The fourth-order valence-electron chi connectivity index (χ4n) is 2.83. The number of pyridine rings is 1. The van der Waals surface area contributed by atoms with Crippen molar-refractivity contribution < 1.29 is 28.6 Å². The highest BCUT2D eigenvalue weighted by molar-refractivity contribution is 6.38. The number of rotatable bonds is 10. The summed E-state index contributed by atoms with van der Waals surface area (Å²) in [5.41, 5.74) is 0.677. The van der Waals surface area contributed by atoms with Crippen LogP contribution in [0.25, 0.3) is 0 Å². The molecule has 1 heterocycles. The number of hydrogen-bond donors (Lipinski definition) is 3. The number of nitrogens with zero attached hydrogens (tertiary/aromatic N) is 1. The number of anilines is 3. The Morgan fingerprint density at radius 3 is 2.37 bits per heavy atom. The van der Waals surface area contributed by atoms with E-state index in [1.165, 1.54) is 0 Å². The largest absolute Gasteiger partial charge is 0.478 e. The Morgan fingerprint density at radius 1 is 1.03 bits per heavy atom. The first-order chi connectivity index (χ1) is 16.6. The third-order valence-corrected chi connectivity index (χ3v) is 4.39. The van der Waals surface area contributed by atoms with Crippen LogP contribution in [-0.4, -0.2) is 41.8 Å². The number of unbranched alkanes of at least 4 members (excludes halogenated alkanes) is 1. The van der Waals surface area contributed by atoms with Gasteiger partial charge in [-0.05, 0) is 39.7 Å². The molecule has 0 unspecified atom stereocenters. The topological polar surface area (TPSA) is 128 Å². The van der Waals surface area contributed by atoms with Crippen molar-refractivity contribution in [3.05, 3.63) is 42.0 Å². The lowest BCUT2D eigenvalue weighted by molar-refractivity contribution is -0.152. The highest BCUT2D eigenvalue weighted by Crippen LogP contribution is 2.34. The van der Waals surface area contributed by atoms with Crippen molar-refractivity contribution in [1.29, 1.82) is 0 Å². The molecule has 0 spiro atoms. The van der Waals surface area contributed by atoms with Crippen molar-refractivity contribution in [1.82, 2.24) is 4.98 Å². The number of aromatic nitrogens is 1. The second kappa shape index (κ2) is 13.2. The Bertz CT molecular complexity index is 1010. The number of hydrogen-bond acceptors (Lipinski definition) is 8. The summed E-state index contributed by atoms with van der Waals surface area (Å²) < 4.78 is 15.9. The maximum absolute atomic E-state index is 12.5. The molecule has 190 valence electrons. The summed E-state index contributed by atoms with van der Waals surface area (Å²) in [4.78, 5) is 41.3. The number of carbonyl (C=O) groups excluding carboxylic acids is 3. The van der Waals surface area contributed by atoms with Crippen LogP contribution in [0.2, 0.25) is 0 Å². The zero-order valence-corrected chi connectivity index (χ0v) is 20.9. The van der Waals surface area contributed by atoms with Crippen LogP contribution in [0.3, 0.4) is 0 Å². The maximum atomic E-state index is 12.5. The van der Waals surface area contributed by atoms with Crippen molar-refractivity contribution in [2.45, 2.75) is 59.6 Å². The number of ether oxygens (including phenoxy) is 3. The van der Waals surface area contributed by atoms with Gasteiger partial charge in [0.15, 0.2) is 5.82 Å². The van der Waals surface area contributed by atoms with Crippen molar-refractivity contribution in [2.75, 3.05) is 29.2 Å². The van der Waals surface area contributed by atoms with Crippen LogP contribution in [0.5, 0.6) is 5.88 Å². The molecule has 0 radical (unpaired) electrons. The van der Waals surface area contributed by atoms with E-state index in [1.807, 2.05) is 37.3 Å². The molecule has 0 saturated carbocycles. The minimum Gasteiger partial charge on any atom is -0.478 e. The van der Waals surface area contributed by atoms with Gasteiger partial charge in [0, 0.05) is 12.6 Å². The van der Waals surface area contributed by atoms with E-state index in [0.29, 0.717) is 18.8 Å². The molecule has 0 bridgehead atoms. The molecule has 0 fully saturated rings. The van der Waals surface area contributed by atoms with Crippen LogP contribution in [0.4, 0.5) is 22.0 Å². The van der Waals surface area contributed by atoms with Crippen LogP contribution < -0.4 is 20.7 Å². The first-order valence-corrected chi connectivity index (χ1v) is 11.6. The molecule has 0 aliphatic carbocycles. The lowest BCUT2D eigenvalue weighted by Gasteiger charge is -2.22. The van der Waals surface area contributed by atoms with E-state index in [-0.39, 0.29) is 24.0 Å². The van der Waals surface area contributed by atoms with Gasteiger partial charge < -0.3 is 24.8 Å². The number of esters is 1. The number of nitrogens with one attached hydrogen (secondary N) is 3. The highest BCUT2D eigenvalue weighted by atomic mass is 16.6. The average molecular weight is 487 g/mol. The fourth-order valence-corrected chi connectivity index (χ4v) is 2.83. The van der Waals surface area contributed by atoms with Crippen LogP contribution in [0.15, 0.2) is 36.4 Å². The molecule has 2 rings (SSSR count). The minimum atomic E-state index is -1.06. The first kappa shape index (κ1) is 27.4. The smallest absolute Gasteiger partial charge is 0.413 e. The molecule has 35 heavy (non-hydrogen) atoms. The summed E-state index contributed by atoms with van der Waals surface area (Å²) in [6.07, 6.45) is 0.955. The molecule has 0 aliphatic rings. The summed E-state index contributed by atoms with van der Waals surface area (Å²) in [7, 11) is 0. The van der Waals surface area contributed by atoms with Crippen LogP contribution in [0, 0.1) is 0 Å². The zero-order chi connectivity index (χ0) is 25.8. The number of amides is 2. The lowest BCUT2D eigenvalue weighted by Crippen LogP contribution is -2.29. The molecule has 1 aromatic heterocycles. The van der Waals surface area contributed by atoms with Crippen LogP contribution in [-0.2, 0) is 25.6 Å². The Morgan fingerprint density at radius 2 is 1.74 bits per heavy atom. The van der Waals surface area contributed by atoms with Crippen molar-refractivity contribution in [3.8, 4) is 5.88 Å². The molecule has 0 aliphatic heterocycles. The molecule has 1 aromatic carbocycles. The molecule has 10 nitrogen and oxygen atoms in total. The molecule has 2 amide bonds. The van der Waals surface area contributed by atoms with Gasteiger partial charge in [0.25, 0.3) is 0 Å². The third-order valence-electron chi connectivity index (χ3n) is 4.39. The van der Waals surface area contributed by atoms with E-state index in [1.54, 1.807) is 33.8 Å². The molecular weight excluding hydrogens is 452 g/mol. The van der Waals surface area contributed by atoms with Crippen molar-refractivity contribution in [2.24, 2.45) is 0 Å². The van der Waals surface area contributed by atoms with E-state index in [0.717, 1.165) is 18.4 Å². The van der Waals surface area contributed by atoms with E-state index in [2.05, 4.69) is 20.9 Å². The first-order valence-electron chi connectivity index (χ1n) is 11.6. The number of benzene rings is 1. The second-order valence-corrected chi connectivity index (χ2v) is 8.57. The van der Waals surface area contributed by atoms with Crippen LogP contribution in [0.1, 0.15) is 53.0 Å². The molecule has 3 N–H and O–H groups in total. The summed E-state index contributed by atoms with van der Waals surface area (Å²) in [6.45, 7) is 9.65. The molecule has 0 saturated heterocycles. The molecule has 0 atom stereocenters. The molecule has 10 heteroatoms. The van der Waals surface area contributed by atoms with Crippen molar-refractivity contribution >= 4 is 35.2 Å². The van der Waals surface area contributed by atoms with E-state index < -0.39 is 23.6 Å². The Hall–Kier alpha value is -3.82. The van der Waals surface area contributed by atoms with Gasteiger partial charge in [-0.2, -0.15) is 4.98 Å². The zero-order valence-electron chi connectivity index (χ0n) is 20.9. The summed E-state index contributed by atoms with van der Waals surface area (Å²) >= 11 is 0. The SMILES string of the molecule is CCCCOc1cc(NCc2ccccc2)c(NC(=O)C(=O)OCC)c(NC(=O)OC(C)(C)C)n1. The highest BCUT2D eigenvalue weighted by Gasteiger charge is 2.24. The standard InChI is InChI=1S/C25H34N4O6/c1-6-8-14-34-19-15-18(26-16-17-12-10-9-11-13-17)20(28-22(30)23(31)33-7-2)21(27-19)29-24(32)35-25(3,4)5/h9-13,15H,6-8,14,16H2,1-5H3,(H,28,30)(H2,26,27,29,32). The summed E-state index contributed by atoms with van der Waals surface area (Å²) in [5, 5.41) is 8.27. The summed E-state index contributed by atoms with van der Waals surface area (Å²) in [6, 6.07) is 11.2. The van der Waals surface area contributed by atoms with Gasteiger partial charge in [-0.25, -0.2) is 9.59 Å². The van der Waals surface area contributed by atoms with E-state index in [4.69, 9.17) is 14.2 Å². The van der Waals surface area contributed by atoms with Crippen molar-refractivity contribution in [3.63, 3.8) is 0 Å².